The normalized spacial score (nSPS) is 17.9. The molecule has 3 aromatic rings. The van der Waals surface area contributed by atoms with Crippen LogP contribution < -0.4 is 0 Å². The molecule has 27 heavy (non-hydrogen) atoms. The van der Waals surface area contributed by atoms with E-state index in [4.69, 9.17) is 8.94 Å². The average Bonchev–Trinajstić information content (AvgIpc) is 3.31. The lowest BCUT2D eigenvalue weighted by Gasteiger charge is -2.30. The zero-order valence-electron chi connectivity index (χ0n) is 15.1. The number of carboxylic acids is 1. The summed E-state index contributed by atoms with van der Waals surface area (Å²) in [6, 6.07) is 10.6. The van der Waals surface area contributed by atoms with Gasteiger partial charge in [0.2, 0.25) is 5.89 Å². The van der Waals surface area contributed by atoms with Crippen molar-refractivity contribution in [3.8, 4) is 11.3 Å². The second-order valence-electron chi connectivity index (χ2n) is 6.87. The Morgan fingerprint density at radius 2 is 2.15 bits per heavy atom. The lowest BCUT2D eigenvalue weighted by Crippen LogP contribution is -2.33. The second kappa shape index (κ2) is 7.36. The van der Waals surface area contributed by atoms with E-state index >= 15 is 0 Å². The number of aromatic carboxylic acids is 1. The number of likely N-dealkylation sites (tertiary alicyclic amines) is 1. The molecule has 0 spiro atoms. The standard InChI is InChI=1S/C20H21N3O4/c1-13-21-19(27-22-13)14-5-4-10-23(11-14)12-15-8-9-18(26-15)16-6-2-3-7-17(16)20(24)25/h2-3,6-9,14H,4-5,10-12H2,1H3,(H,24,25). The summed E-state index contributed by atoms with van der Waals surface area (Å²) in [5, 5.41) is 13.3. The smallest absolute Gasteiger partial charge is 0.336 e. The summed E-state index contributed by atoms with van der Waals surface area (Å²) < 4.78 is 11.3. The third-order valence-corrected chi connectivity index (χ3v) is 4.86. The molecule has 1 atom stereocenters. The van der Waals surface area contributed by atoms with Gasteiger partial charge in [-0.25, -0.2) is 4.79 Å². The van der Waals surface area contributed by atoms with Gasteiger partial charge in [0.25, 0.3) is 0 Å². The molecule has 1 unspecified atom stereocenters. The number of hydrogen-bond donors (Lipinski definition) is 1. The number of piperidine rings is 1. The van der Waals surface area contributed by atoms with E-state index in [2.05, 4.69) is 15.0 Å². The Labute approximate surface area is 156 Å². The van der Waals surface area contributed by atoms with Crippen LogP contribution >= 0.6 is 0 Å². The highest BCUT2D eigenvalue weighted by Gasteiger charge is 2.26. The first-order chi connectivity index (χ1) is 13.1. The van der Waals surface area contributed by atoms with Crippen molar-refractivity contribution >= 4 is 5.97 Å². The van der Waals surface area contributed by atoms with E-state index in [9.17, 15) is 9.90 Å². The molecule has 0 radical (unpaired) electrons. The molecule has 1 aromatic carbocycles. The molecule has 1 fully saturated rings. The molecular weight excluding hydrogens is 346 g/mol. The molecule has 1 saturated heterocycles. The molecule has 140 valence electrons. The fourth-order valence-electron chi connectivity index (χ4n) is 3.59. The Morgan fingerprint density at radius 3 is 2.93 bits per heavy atom. The van der Waals surface area contributed by atoms with E-state index in [0.29, 0.717) is 29.6 Å². The molecule has 0 bridgehead atoms. The first-order valence-electron chi connectivity index (χ1n) is 9.04. The third-order valence-electron chi connectivity index (χ3n) is 4.86. The van der Waals surface area contributed by atoms with Crippen LogP contribution in [-0.2, 0) is 6.54 Å². The van der Waals surface area contributed by atoms with Gasteiger partial charge in [-0.2, -0.15) is 4.98 Å². The first kappa shape index (κ1) is 17.5. The van der Waals surface area contributed by atoms with Gasteiger partial charge < -0.3 is 14.0 Å². The van der Waals surface area contributed by atoms with E-state index in [1.165, 1.54) is 0 Å². The molecule has 2 aromatic heterocycles. The van der Waals surface area contributed by atoms with E-state index in [1.54, 1.807) is 18.2 Å². The summed E-state index contributed by atoms with van der Waals surface area (Å²) in [6.45, 7) is 4.31. The molecule has 0 amide bonds. The van der Waals surface area contributed by atoms with E-state index in [0.717, 1.165) is 31.7 Å². The third kappa shape index (κ3) is 3.78. The molecular formula is C20H21N3O4. The minimum absolute atomic E-state index is 0.238. The van der Waals surface area contributed by atoms with Gasteiger partial charge >= 0.3 is 5.97 Å². The van der Waals surface area contributed by atoms with Crippen LogP contribution in [-0.4, -0.2) is 39.2 Å². The van der Waals surface area contributed by atoms with Gasteiger partial charge in [-0.05, 0) is 44.5 Å². The molecule has 1 aliphatic heterocycles. The van der Waals surface area contributed by atoms with Crippen LogP contribution in [0.15, 0.2) is 45.3 Å². The van der Waals surface area contributed by atoms with Crippen molar-refractivity contribution in [2.24, 2.45) is 0 Å². The van der Waals surface area contributed by atoms with Crippen molar-refractivity contribution in [2.45, 2.75) is 32.2 Å². The largest absolute Gasteiger partial charge is 0.478 e. The van der Waals surface area contributed by atoms with Crippen LogP contribution in [0.4, 0.5) is 0 Å². The number of aryl methyl sites for hydroxylation is 1. The summed E-state index contributed by atoms with van der Waals surface area (Å²) in [5.41, 5.74) is 0.831. The highest BCUT2D eigenvalue weighted by Crippen LogP contribution is 2.29. The van der Waals surface area contributed by atoms with Crippen molar-refractivity contribution in [1.29, 1.82) is 0 Å². The van der Waals surface area contributed by atoms with E-state index in [1.807, 2.05) is 25.1 Å². The molecule has 1 aliphatic rings. The van der Waals surface area contributed by atoms with Gasteiger partial charge in [-0.15, -0.1) is 0 Å². The monoisotopic (exact) mass is 367 g/mol. The number of nitrogens with zero attached hydrogens (tertiary/aromatic N) is 3. The molecule has 7 heteroatoms. The highest BCUT2D eigenvalue weighted by molar-refractivity contribution is 5.95. The number of hydrogen-bond acceptors (Lipinski definition) is 6. The topological polar surface area (TPSA) is 92.6 Å². The summed E-state index contributed by atoms with van der Waals surface area (Å²) >= 11 is 0. The Balaban J connectivity index is 1.47. The quantitative estimate of drug-likeness (QED) is 0.734. The number of carboxylic acid groups (broad SMARTS) is 1. The van der Waals surface area contributed by atoms with Crippen molar-refractivity contribution < 1.29 is 18.8 Å². The van der Waals surface area contributed by atoms with E-state index < -0.39 is 5.97 Å². The summed E-state index contributed by atoms with van der Waals surface area (Å²) in [4.78, 5) is 18.1. The van der Waals surface area contributed by atoms with Gasteiger partial charge in [0, 0.05) is 12.1 Å². The maximum absolute atomic E-state index is 11.4. The van der Waals surface area contributed by atoms with Crippen molar-refractivity contribution in [1.82, 2.24) is 15.0 Å². The molecule has 4 rings (SSSR count). The van der Waals surface area contributed by atoms with Crippen LogP contribution in [0.2, 0.25) is 0 Å². The fourth-order valence-corrected chi connectivity index (χ4v) is 3.59. The molecule has 1 N–H and O–H groups in total. The zero-order chi connectivity index (χ0) is 18.8. The molecule has 3 heterocycles. The Hall–Kier alpha value is -2.93. The lowest BCUT2D eigenvalue weighted by molar-refractivity contribution is 0.0697. The maximum atomic E-state index is 11.4. The van der Waals surface area contributed by atoms with Crippen molar-refractivity contribution in [2.75, 3.05) is 13.1 Å². The average molecular weight is 367 g/mol. The number of rotatable bonds is 5. The predicted octanol–water partition coefficient (Wildman–Crippen LogP) is 3.72. The van der Waals surface area contributed by atoms with Crippen molar-refractivity contribution in [3.05, 3.63) is 59.4 Å². The summed E-state index contributed by atoms with van der Waals surface area (Å²) in [7, 11) is 0. The number of aromatic nitrogens is 2. The molecule has 0 saturated carbocycles. The van der Waals surface area contributed by atoms with Gasteiger partial charge in [-0.1, -0.05) is 23.4 Å². The SMILES string of the molecule is Cc1noc(C2CCCN(Cc3ccc(-c4ccccc4C(=O)O)o3)C2)n1. The molecule has 0 aliphatic carbocycles. The van der Waals surface area contributed by atoms with Gasteiger partial charge in [0.05, 0.1) is 18.0 Å². The Morgan fingerprint density at radius 1 is 1.30 bits per heavy atom. The number of furan rings is 1. The second-order valence-corrected chi connectivity index (χ2v) is 6.87. The Kier molecular flexibility index (Phi) is 4.77. The van der Waals surface area contributed by atoms with E-state index in [-0.39, 0.29) is 11.5 Å². The van der Waals surface area contributed by atoms with Crippen LogP contribution in [0.1, 0.15) is 46.6 Å². The number of carbonyl (C=O) groups is 1. The van der Waals surface area contributed by atoms with Crippen LogP contribution in [0.5, 0.6) is 0 Å². The minimum Gasteiger partial charge on any atom is -0.478 e. The van der Waals surface area contributed by atoms with Gasteiger partial charge in [0.1, 0.15) is 11.5 Å². The maximum Gasteiger partial charge on any atom is 0.336 e. The van der Waals surface area contributed by atoms with Crippen LogP contribution in [0.25, 0.3) is 11.3 Å². The highest BCUT2D eigenvalue weighted by atomic mass is 16.5. The number of benzene rings is 1. The zero-order valence-corrected chi connectivity index (χ0v) is 15.1. The summed E-state index contributed by atoms with van der Waals surface area (Å²) in [5.74, 6) is 2.03. The summed E-state index contributed by atoms with van der Waals surface area (Å²) in [6.07, 6.45) is 2.09. The Bertz CT molecular complexity index is 946. The van der Waals surface area contributed by atoms with Crippen molar-refractivity contribution in [3.63, 3.8) is 0 Å². The fraction of sp³-hybridized carbons (Fsp3) is 0.350. The molecule has 7 nitrogen and oxygen atoms in total. The van der Waals surface area contributed by atoms with Crippen LogP contribution in [0.3, 0.4) is 0 Å². The minimum atomic E-state index is -0.961. The van der Waals surface area contributed by atoms with Gasteiger partial charge in [-0.3, -0.25) is 4.90 Å². The predicted molar refractivity (Wildman–Crippen MR) is 97.4 cm³/mol. The van der Waals surface area contributed by atoms with Gasteiger partial charge in [0.15, 0.2) is 5.82 Å². The lowest BCUT2D eigenvalue weighted by atomic mass is 9.98. The first-order valence-corrected chi connectivity index (χ1v) is 9.04. The van der Waals surface area contributed by atoms with Crippen LogP contribution in [0, 0.1) is 6.92 Å².